The van der Waals surface area contributed by atoms with Crippen molar-refractivity contribution in [1.29, 1.82) is 0 Å². The molecule has 0 saturated heterocycles. The van der Waals surface area contributed by atoms with Crippen LogP contribution in [0.4, 0.5) is 0 Å². The Morgan fingerprint density at radius 1 is 0.667 bits per heavy atom. The lowest BCUT2D eigenvalue weighted by molar-refractivity contribution is 0.400. The third-order valence-electron chi connectivity index (χ3n) is 9.48. The second-order valence-corrected chi connectivity index (χ2v) is 11.5. The molecule has 6 aromatic rings. The molecule has 0 N–H and O–H groups in total. The van der Waals surface area contributed by atoms with Crippen molar-refractivity contribution < 1.29 is 4.74 Å². The molecule has 0 fully saturated rings. The second-order valence-electron chi connectivity index (χ2n) is 11.5. The second kappa shape index (κ2) is 8.99. The SMILES string of the molecule is C1=CC2=C(CC1)Oc1cccc3c1B2c1cccc2c(C(c4ccccc4)(c4ccccc4)c4ccccc4)cn-3c12. The Bertz CT molecular complexity index is 1960. The van der Waals surface area contributed by atoms with E-state index < -0.39 is 5.41 Å². The summed E-state index contributed by atoms with van der Waals surface area (Å²) < 4.78 is 9.04. The van der Waals surface area contributed by atoms with Crippen LogP contribution in [0.5, 0.6) is 5.75 Å². The summed E-state index contributed by atoms with van der Waals surface area (Å²) in [5.74, 6) is 2.11. The first-order valence-corrected chi connectivity index (χ1v) is 14.9. The van der Waals surface area contributed by atoms with Crippen LogP contribution in [0.2, 0.25) is 0 Å². The zero-order valence-corrected chi connectivity index (χ0v) is 23.2. The molecule has 0 spiro atoms. The third kappa shape index (κ3) is 3.11. The Hall–Kier alpha value is -5.02. The molecule has 1 aliphatic carbocycles. The van der Waals surface area contributed by atoms with Gasteiger partial charge in [-0.15, -0.1) is 0 Å². The number of aromatic nitrogens is 1. The van der Waals surface area contributed by atoms with Gasteiger partial charge in [0.05, 0.1) is 11.2 Å². The van der Waals surface area contributed by atoms with Gasteiger partial charge >= 0.3 is 0 Å². The Labute approximate surface area is 246 Å². The van der Waals surface area contributed by atoms with Crippen molar-refractivity contribution in [1.82, 2.24) is 4.57 Å². The lowest BCUT2D eigenvalue weighted by Crippen LogP contribution is -2.52. The van der Waals surface area contributed by atoms with E-state index in [0.717, 1.165) is 24.4 Å². The van der Waals surface area contributed by atoms with Crippen molar-refractivity contribution in [3.05, 3.63) is 179 Å². The van der Waals surface area contributed by atoms with E-state index in [1.807, 2.05) is 0 Å². The summed E-state index contributed by atoms with van der Waals surface area (Å²) in [6, 6.07) is 46.5. The lowest BCUT2D eigenvalue weighted by Gasteiger charge is -2.36. The van der Waals surface area contributed by atoms with Gasteiger partial charge in [-0.3, -0.25) is 0 Å². The van der Waals surface area contributed by atoms with Gasteiger partial charge in [0.25, 0.3) is 6.71 Å². The topological polar surface area (TPSA) is 14.2 Å². The average molecular weight is 537 g/mol. The summed E-state index contributed by atoms with van der Waals surface area (Å²) in [5.41, 5.74) is 11.0. The monoisotopic (exact) mass is 537 g/mol. The van der Waals surface area contributed by atoms with E-state index in [0.29, 0.717) is 0 Å². The van der Waals surface area contributed by atoms with Crippen LogP contribution >= 0.6 is 0 Å². The number of para-hydroxylation sites is 1. The smallest absolute Gasteiger partial charge is 0.255 e. The normalized spacial score (nSPS) is 14.9. The first kappa shape index (κ1) is 23.7. The van der Waals surface area contributed by atoms with Crippen molar-refractivity contribution in [2.45, 2.75) is 18.3 Å². The molecule has 9 rings (SSSR count). The number of hydrogen-bond donors (Lipinski definition) is 0. The summed E-state index contributed by atoms with van der Waals surface area (Å²) in [6.07, 6.45) is 9.00. The van der Waals surface area contributed by atoms with Crippen LogP contribution in [0.25, 0.3) is 16.6 Å². The van der Waals surface area contributed by atoms with Gasteiger partial charge in [0.2, 0.25) is 0 Å². The fraction of sp³-hybridized carbons (Fsp3) is 0.0769. The largest absolute Gasteiger partial charge is 0.463 e. The molecule has 2 aliphatic heterocycles. The first-order valence-electron chi connectivity index (χ1n) is 14.9. The Kier molecular flexibility index (Phi) is 5.07. The number of fused-ring (bicyclic) bond motifs is 3. The van der Waals surface area contributed by atoms with Gasteiger partial charge in [-0.2, -0.15) is 0 Å². The van der Waals surface area contributed by atoms with Gasteiger partial charge in [-0.1, -0.05) is 127 Å². The molecule has 3 heterocycles. The van der Waals surface area contributed by atoms with Crippen LogP contribution < -0.4 is 15.7 Å². The molecular weight excluding hydrogens is 509 g/mol. The van der Waals surface area contributed by atoms with Crippen LogP contribution in [0.15, 0.2) is 157 Å². The van der Waals surface area contributed by atoms with Crippen LogP contribution in [0.1, 0.15) is 35.1 Å². The van der Waals surface area contributed by atoms with E-state index in [4.69, 9.17) is 4.74 Å². The maximum Gasteiger partial charge on any atom is 0.255 e. The predicted molar refractivity (Wildman–Crippen MR) is 173 cm³/mol. The zero-order chi connectivity index (χ0) is 27.7. The van der Waals surface area contributed by atoms with Gasteiger partial charge in [0.1, 0.15) is 5.75 Å². The maximum absolute atomic E-state index is 6.59. The molecular formula is C39H28BNO. The van der Waals surface area contributed by atoms with E-state index in [2.05, 4.69) is 150 Å². The van der Waals surface area contributed by atoms with E-state index >= 15 is 0 Å². The zero-order valence-electron chi connectivity index (χ0n) is 23.2. The number of nitrogens with zero attached hydrogens (tertiary/aromatic N) is 1. The van der Waals surface area contributed by atoms with E-state index in [1.54, 1.807) is 0 Å². The lowest BCUT2D eigenvalue weighted by atomic mass is 9.33. The van der Waals surface area contributed by atoms with E-state index in [9.17, 15) is 0 Å². The highest BCUT2D eigenvalue weighted by molar-refractivity contribution is 6.94. The quantitative estimate of drug-likeness (QED) is 0.168. The van der Waals surface area contributed by atoms with Gasteiger partial charge in [-0.25, -0.2) is 0 Å². The highest BCUT2D eigenvalue weighted by Gasteiger charge is 2.44. The summed E-state index contributed by atoms with van der Waals surface area (Å²) in [7, 11) is 0. The van der Waals surface area contributed by atoms with Gasteiger partial charge < -0.3 is 9.30 Å². The molecule has 0 amide bonds. The molecule has 3 heteroatoms. The summed E-state index contributed by atoms with van der Waals surface area (Å²) in [6.45, 7) is 0.162. The summed E-state index contributed by atoms with van der Waals surface area (Å²) in [4.78, 5) is 0. The van der Waals surface area contributed by atoms with Crippen LogP contribution in [0.3, 0.4) is 0 Å². The minimum absolute atomic E-state index is 0.162. The maximum atomic E-state index is 6.59. The van der Waals surface area contributed by atoms with Crippen LogP contribution in [0, 0.1) is 0 Å². The molecule has 198 valence electrons. The number of benzene rings is 5. The van der Waals surface area contributed by atoms with Crippen LogP contribution in [-0.4, -0.2) is 11.3 Å². The summed E-state index contributed by atoms with van der Waals surface area (Å²) >= 11 is 0. The van der Waals surface area contributed by atoms with Crippen LogP contribution in [-0.2, 0) is 5.41 Å². The molecule has 0 atom stereocenters. The standard InChI is InChI=1S/C39H28BNO/c1-4-14-27(15-5-1)39(28-16-6-2-7-17-28,29-18-8-3-9-19-29)31-26-41-34-23-13-25-36-37(34)40(32-21-10-11-24-35(32)42-36)33-22-12-20-30(31)38(33)41/h1-10,12-23,25-26H,11,24H2. The number of ether oxygens (including phenoxy) is 1. The van der Waals surface area contributed by atoms with E-state index in [-0.39, 0.29) is 6.71 Å². The third-order valence-corrected chi connectivity index (χ3v) is 9.48. The highest BCUT2D eigenvalue weighted by Crippen LogP contribution is 2.49. The van der Waals surface area contributed by atoms with Gasteiger partial charge in [0, 0.05) is 29.2 Å². The van der Waals surface area contributed by atoms with Crippen molar-refractivity contribution in [2.24, 2.45) is 0 Å². The Morgan fingerprint density at radius 2 is 1.31 bits per heavy atom. The number of allylic oxidation sites excluding steroid dienone is 4. The van der Waals surface area contributed by atoms with E-state index in [1.165, 1.54) is 55.2 Å². The minimum atomic E-state index is -0.518. The summed E-state index contributed by atoms with van der Waals surface area (Å²) in [5, 5.41) is 1.29. The first-order chi connectivity index (χ1) is 20.9. The van der Waals surface area contributed by atoms with Crippen molar-refractivity contribution in [3.8, 4) is 11.4 Å². The highest BCUT2D eigenvalue weighted by atomic mass is 16.5. The van der Waals surface area contributed by atoms with Crippen molar-refractivity contribution in [2.75, 3.05) is 0 Å². The van der Waals surface area contributed by atoms with Crippen molar-refractivity contribution in [3.63, 3.8) is 0 Å². The number of hydrogen-bond acceptors (Lipinski definition) is 1. The molecule has 0 radical (unpaired) electrons. The fourth-order valence-electron chi connectivity index (χ4n) is 7.83. The molecule has 3 aliphatic rings. The molecule has 0 unspecified atom stereocenters. The predicted octanol–water partition coefficient (Wildman–Crippen LogP) is 7.47. The average Bonchev–Trinajstić information content (AvgIpc) is 3.46. The minimum Gasteiger partial charge on any atom is -0.463 e. The Balaban J connectivity index is 1.44. The molecule has 0 saturated carbocycles. The fourth-order valence-corrected chi connectivity index (χ4v) is 7.83. The molecule has 2 nitrogen and oxygen atoms in total. The van der Waals surface area contributed by atoms with Crippen molar-refractivity contribution >= 4 is 28.5 Å². The number of rotatable bonds is 4. The molecule has 1 aromatic heterocycles. The van der Waals surface area contributed by atoms with Gasteiger partial charge in [-0.05, 0) is 57.2 Å². The van der Waals surface area contributed by atoms with Gasteiger partial charge in [0.15, 0.2) is 0 Å². The molecule has 0 bridgehead atoms. The Morgan fingerprint density at radius 3 is 1.98 bits per heavy atom. The molecule has 5 aromatic carbocycles. The molecule has 42 heavy (non-hydrogen) atoms.